The predicted octanol–water partition coefficient (Wildman–Crippen LogP) is 3.98. The number of halogens is 3. The predicted molar refractivity (Wildman–Crippen MR) is 66.4 cm³/mol. The maximum absolute atomic E-state index is 12.8. The first-order valence-electron chi connectivity index (χ1n) is 5.41. The van der Waals surface area contributed by atoms with Crippen molar-refractivity contribution in [3.63, 3.8) is 0 Å². The van der Waals surface area contributed by atoms with Gasteiger partial charge in [0.1, 0.15) is 11.6 Å². The summed E-state index contributed by atoms with van der Waals surface area (Å²) < 4.78 is 25.5. The van der Waals surface area contributed by atoms with Crippen molar-refractivity contribution in [1.29, 1.82) is 0 Å². The van der Waals surface area contributed by atoms with E-state index < -0.39 is 11.5 Å². The molecule has 18 heavy (non-hydrogen) atoms. The maximum Gasteiger partial charge on any atom is 0.123 e. The van der Waals surface area contributed by atoms with Crippen LogP contribution in [0.5, 0.6) is 0 Å². The second-order valence-electron chi connectivity index (χ2n) is 3.95. The summed E-state index contributed by atoms with van der Waals surface area (Å²) in [7, 11) is 0. The smallest absolute Gasteiger partial charge is 0.123 e. The van der Waals surface area contributed by atoms with E-state index in [1.54, 1.807) is 0 Å². The Balaban J connectivity index is 2.20. The Labute approximate surface area is 109 Å². The van der Waals surface area contributed by atoms with Crippen molar-refractivity contribution in [3.05, 3.63) is 71.3 Å². The van der Waals surface area contributed by atoms with Gasteiger partial charge in [-0.1, -0.05) is 24.3 Å². The van der Waals surface area contributed by atoms with Crippen molar-refractivity contribution in [2.75, 3.05) is 0 Å². The van der Waals surface area contributed by atoms with Crippen LogP contribution in [0.25, 0.3) is 0 Å². The van der Waals surface area contributed by atoms with Crippen LogP contribution in [0.3, 0.4) is 0 Å². The van der Waals surface area contributed by atoms with E-state index in [2.05, 4.69) is 0 Å². The van der Waals surface area contributed by atoms with E-state index in [9.17, 15) is 13.9 Å². The van der Waals surface area contributed by atoms with Crippen LogP contribution >= 0.6 is 11.6 Å². The number of alkyl halides is 1. The molecule has 2 aromatic carbocycles. The summed E-state index contributed by atoms with van der Waals surface area (Å²) in [5, 5.41) is 9.34. The van der Waals surface area contributed by atoms with Crippen molar-refractivity contribution in [2.24, 2.45) is 0 Å². The second kappa shape index (κ2) is 5.46. The van der Waals surface area contributed by atoms with Crippen LogP contribution in [0, 0.1) is 11.6 Å². The molecule has 2 rings (SSSR count). The van der Waals surface area contributed by atoms with E-state index in [1.807, 2.05) is 0 Å². The summed E-state index contributed by atoms with van der Waals surface area (Å²) >= 11 is 6.12. The Morgan fingerprint density at radius 1 is 0.778 bits per heavy atom. The number of rotatable bonds is 3. The van der Waals surface area contributed by atoms with Gasteiger partial charge in [-0.05, 0) is 35.4 Å². The SMILES string of the molecule is O[C@H](c1ccc(F)cc1)[C@H](Cl)c1ccc(F)cc1. The summed E-state index contributed by atoms with van der Waals surface area (Å²) in [6.07, 6.45) is -0.974. The molecule has 0 unspecified atom stereocenters. The lowest BCUT2D eigenvalue weighted by Crippen LogP contribution is -2.05. The summed E-state index contributed by atoms with van der Waals surface area (Å²) in [5.41, 5.74) is 1.12. The van der Waals surface area contributed by atoms with Gasteiger partial charge >= 0.3 is 0 Å². The van der Waals surface area contributed by atoms with E-state index in [0.717, 1.165) is 0 Å². The summed E-state index contributed by atoms with van der Waals surface area (Å²) in [6, 6.07) is 11.0. The van der Waals surface area contributed by atoms with Crippen molar-refractivity contribution in [1.82, 2.24) is 0 Å². The molecule has 1 nitrogen and oxygen atoms in total. The lowest BCUT2D eigenvalue weighted by molar-refractivity contribution is 0.172. The number of benzene rings is 2. The highest BCUT2D eigenvalue weighted by Gasteiger charge is 2.20. The molecule has 0 fully saturated rings. The molecular formula is C14H11ClF2O. The first-order chi connectivity index (χ1) is 8.58. The van der Waals surface area contributed by atoms with E-state index in [1.165, 1.54) is 48.5 Å². The van der Waals surface area contributed by atoms with Gasteiger partial charge in [-0.15, -0.1) is 11.6 Å². The fraction of sp³-hybridized carbons (Fsp3) is 0.143. The highest BCUT2D eigenvalue weighted by Crippen LogP contribution is 2.34. The molecule has 0 bridgehead atoms. The second-order valence-corrected chi connectivity index (χ2v) is 4.42. The summed E-state index contributed by atoms with van der Waals surface area (Å²) in [4.78, 5) is 0. The van der Waals surface area contributed by atoms with E-state index in [-0.39, 0.29) is 11.6 Å². The minimum atomic E-state index is -0.974. The zero-order valence-electron chi connectivity index (χ0n) is 9.35. The van der Waals surface area contributed by atoms with Gasteiger partial charge in [-0.2, -0.15) is 0 Å². The molecule has 0 saturated carbocycles. The van der Waals surface area contributed by atoms with Crippen molar-refractivity contribution in [2.45, 2.75) is 11.5 Å². The standard InChI is InChI=1S/C14H11ClF2O/c15-13(9-1-5-11(16)6-2-9)14(18)10-3-7-12(17)8-4-10/h1-8,13-14,18H/t13-,14-/m1/s1. The Bertz CT molecular complexity index is 461. The van der Waals surface area contributed by atoms with Gasteiger partial charge in [0.05, 0.1) is 11.5 Å². The Hall–Kier alpha value is -1.45. The van der Waals surface area contributed by atoms with E-state index in [4.69, 9.17) is 11.6 Å². The summed E-state index contributed by atoms with van der Waals surface area (Å²) in [5.74, 6) is -0.738. The van der Waals surface area contributed by atoms with Crippen molar-refractivity contribution >= 4 is 11.6 Å². The Morgan fingerprint density at radius 2 is 1.17 bits per heavy atom. The maximum atomic E-state index is 12.8. The molecule has 0 spiro atoms. The van der Waals surface area contributed by atoms with Crippen LogP contribution in [0.2, 0.25) is 0 Å². The fourth-order valence-corrected chi connectivity index (χ4v) is 1.95. The quantitative estimate of drug-likeness (QED) is 0.835. The molecule has 0 amide bonds. The highest BCUT2D eigenvalue weighted by atomic mass is 35.5. The van der Waals surface area contributed by atoms with Crippen molar-refractivity contribution < 1.29 is 13.9 Å². The minimum absolute atomic E-state index is 0.362. The van der Waals surface area contributed by atoms with Crippen LogP contribution in [-0.2, 0) is 0 Å². The summed E-state index contributed by atoms with van der Waals surface area (Å²) in [6.45, 7) is 0. The van der Waals surface area contributed by atoms with E-state index >= 15 is 0 Å². The zero-order valence-corrected chi connectivity index (χ0v) is 10.1. The van der Waals surface area contributed by atoms with Crippen LogP contribution in [0.1, 0.15) is 22.6 Å². The minimum Gasteiger partial charge on any atom is -0.387 e. The molecule has 0 aliphatic heterocycles. The number of hydrogen-bond acceptors (Lipinski definition) is 1. The molecule has 0 aromatic heterocycles. The zero-order chi connectivity index (χ0) is 13.1. The third-order valence-electron chi connectivity index (χ3n) is 2.68. The van der Waals surface area contributed by atoms with Crippen LogP contribution in [-0.4, -0.2) is 5.11 Å². The monoisotopic (exact) mass is 268 g/mol. The van der Waals surface area contributed by atoms with Crippen LogP contribution in [0.4, 0.5) is 8.78 Å². The molecule has 1 N–H and O–H groups in total. The molecule has 0 saturated heterocycles. The van der Waals surface area contributed by atoms with Gasteiger partial charge in [-0.25, -0.2) is 8.78 Å². The van der Waals surface area contributed by atoms with Crippen LogP contribution in [0.15, 0.2) is 48.5 Å². The molecule has 2 aromatic rings. The molecule has 0 radical (unpaired) electrons. The molecule has 2 atom stereocenters. The van der Waals surface area contributed by atoms with Crippen molar-refractivity contribution in [3.8, 4) is 0 Å². The number of aliphatic hydroxyl groups excluding tert-OH is 1. The lowest BCUT2D eigenvalue weighted by Gasteiger charge is -2.17. The Kier molecular flexibility index (Phi) is 3.94. The number of hydrogen-bond donors (Lipinski definition) is 1. The third kappa shape index (κ3) is 2.86. The molecule has 94 valence electrons. The van der Waals surface area contributed by atoms with Crippen LogP contribution < -0.4 is 0 Å². The van der Waals surface area contributed by atoms with Gasteiger partial charge in [0.15, 0.2) is 0 Å². The molecule has 4 heteroatoms. The van der Waals surface area contributed by atoms with Gasteiger partial charge in [0, 0.05) is 0 Å². The number of aliphatic hydroxyl groups is 1. The normalized spacial score (nSPS) is 14.2. The average molecular weight is 269 g/mol. The molecule has 0 aliphatic rings. The molecule has 0 aliphatic carbocycles. The van der Waals surface area contributed by atoms with Gasteiger partial charge in [-0.3, -0.25) is 0 Å². The molecule has 0 heterocycles. The fourth-order valence-electron chi connectivity index (χ4n) is 1.66. The first-order valence-corrected chi connectivity index (χ1v) is 5.84. The average Bonchev–Trinajstić information content (AvgIpc) is 2.39. The first kappa shape index (κ1) is 13.0. The topological polar surface area (TPSA) is 20.2 Å². The molecular weight excluding hydrogens is 258 g/mol. The van der Waals surface area contributed by atoms with Gasteiger partial charge < -0.3 is 5.11 Å². The lowest BCUT2D eigenvalue weighted by atomic mass is 10.0. The van der Waals surface area contributed by atoms with Gasteiger partial charge in [0.25, 0.3) is 0 Å². The largest absolute Gasteiger partial charge is 0.387 e. The van der Waals surface area contributed by atoms with E-state index in [0.29, 0.717) is 11.1 Å². The Morgan fingerprint density at radius 3 is 1.61 bits per heavy atom. The highest BCUT2D eigenvalue weighted by molar-refractivity contribution is 6.21. The third-order valence-corrected chi connectivity index (χ3v) is 3.17. The van der Waals surface area contributed by atoms with Gasteiger partial charge in [0.2, 0.25) is 0 Å².